The molecule has 126 valence electrons. The summed E-state index contributed by atoms with van der Waals surface area (Å²) < 4.78 is 0. The lowest BCUT2D eigenvalue weighted by molar-refractivity contribution is -0.149. The van der Waals surface area contributed by atoms with Gasteiger partial charge in [0, 0.05) is 20.1 Å². The van der Waals surface area contributed by atoms with E-state index < -0.39 is 23.5 Å². The van der Waals surface area contributed by atoms with E-state index in [9.17, 15) is 14.4 Å². The SMILES string of the molecule is CN(C)C(=O)C(=O)NC1CCNC(C(=O)NOC(C)(C)C)C1. The number of hydroxylamine groups is 1. The summed E-state index contributed by atoms with van der Waals surface area (Å²) >= 11 is 0. The second-order valence-corrected chi connectivity index (χ2v) is 6.58. The minimum atomic E-state index is -0.651. The van der Waals surface area contributed by atoms with Crippen LogP contribution in [-0.4, -0.2) is 60.9 Å². The lowest BCUT2D eigenvalue weighted by atomic mass is 9.99. The van der Waals surface area contributed by atoms with Gasteiger partial charge in [0.05, 0.1) is 11.6 Å². The van der Waals surface area contributed by atoms with Crippen LogP contribution in [0.1, 0.15) is 33.6 Å². The largest absolute Gasteiger partial charge is 0.345 e. The molecule has 8 nitrogen and oxygen atoms in total. The van der Waals surface area contributed by atoms with Gasteiger partial charge in [-0.3, -0.25) is 19.2 Å². The zero-order valence-electron chi connectivity index (χ0n) is 13.9. The van der Waals surface area contributed by atoms with Crippen molar-refractivity contribution in [3.05, 3.63) is 0 Å². The predicted molar refractivity (Wildman–Crippen MR) is 80.6 cm³/mol. The van der Waals surface area contributed by atoms with E-state index in [-0.39, 0.29) is 11.9 Å². The number of carbonyl (C=O) groups is 3. The van der Waals surface area contributed by atoms with Crippen LogP contribution in [0.3, 0.4) is 0 Å². The fraction of sp³-hybridized carbons (Fsp3) is 0.786. The Hall–Kier alpha value is -1.67. The van der Waals surface area contributed by atoms with E-state index in [1.54, 1.807) is 0 Å². The maximum atomic E-state index is 12.0. The molecule has 0 saturated carbocycles. The maximum Gasteiger partial charge on any atom is 0.311 e. The third-order valence-corrected chi connectivity index (χ3v) is 3.11. The van der Waals surface area contributed by atoms with E-state index in [4.69, 9.17) is 4.84 Å². The topological polar surface area (TPSA) is 99.8 Å². The third kappa shape index (κ3) is 5.98. The number of hydrogen-bond donors (Lipinski definition) is 3. The van der Waals surface area contributed by atoms with Crippen molar-refractivity contribution in [2.45, 2.75) is 51.3 Å². The first-order chi connectivity index (χ1) is 10.1. The zero-order chi connectivity index (χ0) is 16.9. The number of hydrogen-bond acceptors (Lipinski definition) is 5. The molecule has 3 amide bonds. The van der Waals surface area contributed by atoms with Crippen molar-refractivity contribution in [3.63, 3.8) is 0 Å². The number of likely N-dealkylation sites (N-methyl/N-ethyl adjacent to an activating group) is 1. The van der Waals surface area contributed by atoms with E-state index >= 15 is 0 Å². The summed E-state index contributed by atoms with van der Waals surface area (Å²) in [5.41, 5.74) is 1.94. The Labute approximate surface area is 130 Å². The van der Waals surface area contributed by atoms with Crippen molar-refractivity contribution >= 4 is 17.7 Å². The quantitative estimate of drug-likeness (QED) is 0.466. The van der Waals surface area contributed by atoms with E-state index in [1.165, 1.54) is 19.0 Å². The highest BCUT2D eigenvalue weighted by Crippen LogP contribution is 2.10. The first-order valence-corrected chi connectivity index (χ1v) is 7.33. The van der Waals surface area contributed by atoms with Gasteiger partial charge in [0.2, 0.25) is 0 Å². The molecule has 0 aliphatic carbocycles. The van der Waals surface area contributed by atoms with Gasteiger partial charge in [0.1, 0.15) is 0 Å². The van der Waals surface area contributed by atoms with Crippen LogP contribution < -0.4 is 16.1 Å². The molecule has 0 aromatic rings. The van der Waals surface area contributed by atoms with Crippen LogP contribution in [0, 0.1) is 0 Å². The first-order valence-electron chi connectivity index (χ1n) is 7.33. The van der Waals surface area contributed by atoms with Gasteiger partial charge in [-0.25, -0.2) is 5.48 Å². The average Bonchev–Trinajstić information content (AvgIpc) is 2.43. The lowest BCUT2D eigenvalue weighted by Crippen LogP contribution is -2.55. The Bertz CT molecular complexity index is 431. The van der Waals surface area contributed by atoms with Gasteiger partial charge >= 0.3 is 11.8 Å². The molecule has 2 atom stereocenters. The van der Waals surface area contributed by atoms with Crippen LogP contribution in [-0.2, 0) is 19.2 Å². The van der Waals surface area contributed by atoms with Crippen LogP contribution in [0.4, 0.5) is 0 Å². The minimum absolute atomic E-state index is 0.219. The Morgan fingerprint density at radius 2 is 1.86 bits per heavy atom. The van der Waals surface area contributed by atoms with E-state index in [0.717, 1.165) is 0 Å². The number of piperidine rings is 1. The molecule has 0 radical (unpaired) electrons. The van der Waals surface area contributed by atoms with Crippen LogP contribution in [0.2, 0.25) is 0 Å². The molecule has 1 aliphatic rings. The standard InChI is InChI=1S/C14H26N4O4/c1-14(2,3)22-17-11(19)10-8-9(6-7-15-10)16-12(20)13(21)18(4)5/h9-10,15H,6-8H2,1-5H3,(H,16,20)(H,17,19). The fourth-order valence-electron chi connectivity index (χ4n) is 1.97. The summed E-state index contributed by atoms with van der Waals surface area (Å²) in [6.07, 6.45) is 1.07. The van der Waals surface area contributed by atoms with Crippen LogP contribution in [0.15, 0.2) is 0 Å². The van der Waals surface area contributed by atoms with Gasteiger partial charge in [-0.15, -0.1) is 0 Å². The van der Waals surface area contributed by atoms with Gasteiger partial charge in [-0.05, 0) is 40.2 Å². The molecule has 0 aromatic heterocycles. The molecule has 8 heteroatoms. The predicted octanol–water partition coefficient (Wildman–Crippen LogP) is -0.842. The minimum Gasteiger partial charge on any atom is -0.345 e. The molecule has 0 aromatic carbocycles. The van der Waals surface area contributed by atoms with Crippen molar-refractivity contribution in [2.24, 2.45) is 0 Å². The Morgan fingerprint density at radius 3 is 2.41 bits per heavy atom. The molecule has 3 N–H and O–H groups in total. The number of carbonyl (C=O) groups excluding carboxylic acids is 3. The Kier molecular flexibility index (Phi) is 6.31. The van der Waals surface area contributed by atoms with Crippen molar-refractivity contribution in [1.82, 2.24) is 21.0 Å². The maximum absolute atomic E-state index is 12.0. The number of nitrogens with zero attached hydrogens (tertiary/aromatic N) is 1. The van der Waals surface area contributed by atoms with Crippen LogP contribution in [0.25, 0.3) is 0 Å². The molecule has 22 heavy (non-hydrogen) atoms. The van der Waals surface area contributed by atoms with E-state index in [0.29, 0.717) is 19.4 Å². The number of nitrogens with one attached hydrogen (secondary N) is 3. The molecular weight excluding hydrogens is 288 g/mol. The van der Waals surface area contributed by atoms with Crippen molar-refractivity contribution in [2.75, 3.05) is 20.6 Å². The van der Waals surface area contributed by atoms with Crippen LogP contribution >= 0.6 is 0 Å². The second-order valence-electron chi connectivity index (χ2n) is 6.58. The molecule has 1 aliphatic heterocycles. The summed E-state index contributed by atoms with van der Waals surface area (Å²) in [4.78, 5) is 41.8. The molecule has 0 bridgehead atoms. The van der Waals surface area contributed by atoms with Gasteiger partial charge in [-0.2, -0.15) is 0 Å². The molecule has 2 unspecified atom stereocenters. The van der Waals surface area contributed by atoms with Gasteiger partial charge in [-0.1, -0.05) is 0 Å². The monoisotopic (exact) mass is 314 g/mol. The summed E-state index contributed by atoms with van der Waals surface area (Å²) in [5.74, 6) is -1.54. The van der Waals surface area contributed by atoms with Gasteiger partial charge < -0.3 is 15.5 Å². The molecule has 0 spiro atoms. The first kappa shape index (κ1) is 18.4. The normalized spacial score (nSPS) is 21.9. The van der Waals surface area contributed by atoms with E-state index in [1.807, 2.05) is 20.8 Å². The number of amides is 3. The highest BCUT2D eigenvalue weighted by molar-refractivity contribution is 6.34. The molecule has 1 heterocycles. The number of rotatable bonds is 3. The molecule has 1 rings (SSSR count). The summed E-state index contributed by atoms with van der Waals surface area (Å²) in [6, 6.07) is -0.682. The smallest absolute Gasteiger partial charge is 0.311 e. The van der Waals surface area contributed by atoms with Crippen molar-refractivity contribution in [3.8, 4) is 0 Å². The highest BCUT2D eigenvalue weighted by atomic mass is 16.7. The Balaban J connectivity index is 2.49. The average molecular weight is 314 g/mol. The van der Waals surface area contributed by atoms with Gasteiger partial charge in [0.25, 0.3) is 5.91 Å². The fourth-order valence-corrected chi connectivity index (χ4v) is 1.97. The molecule has 1 fully saturated rings. The molecule has 1 saturated heterocycles. The molecular formula is C14H26N4O4. The van der Waals surface area contributed by atoms with Gasteiger partial charge in [0.15, 0.2) is 0 Å². The summed E-state index contributed by atoms with van der Waals surface area (Å²) in [7, 11) is 3.04. The zero-order valence-corrected chi connectivity index (χ0v) is 13.9. The lowest BCUT2D eigenvalue weighted by Gasteiger charge is -2.30. The van der Waals surface area contributed by atoms with E-state index in [2.05, 4.69) is 16.1 Å². The van der Waals surface area contributed by atoms with Crippen LogP contribution in [0.5, 0.6) is 0 Å². The van der Waals surface area contributed by atoms with Crippen molar-refractivity contribution in [1.29, 1.82) is 0 Å². The highest BCUT2D eigenvalue weighted by Gasteiger charge is 2.30. The third-order valence-electron chi connectivity index (χ3n) is 3.11. The summed E-state index contributed by atoms with van der Waals surface area (Å²) in [5, 5.41) is 5.74. The second kappa shape index (κ2) is 7.55. The Morgan fingerprint density at radius 1 is 1.23 bits per heavy atom. The van der Waals surface area contributed by atoms with Crippen molar-refractivity contribution < 1.29 is 19.2 Å². The summed E-state index contributed by atoms with van der Waals surface area (Å²) in [6.45, 7) is 6.07.